The van der Waals surface area contributed by atoms with Crippen molar-refractivity contribution < 1.29 is 5.11 Å². The fourth-order valence-corrected chi connectivity index (χ4v) is 2.00. The normalized spacial score (nSPS) is 12.4. The van der Waals surface area contributed by atoms with Gasteiger partial charge in [0.2, 0.25) is 0 Å². The Kier molecular flexibility index (Phi) is 4.17. The molecule has 2 aromatic rings. The summed E-state index contributed by atoms with van der Waals surface area (Å²) in [5.41, 5.74) is 4.25. The first-order valence-electron chi connectivity index (χ1n) is 6.50. The molecule has 1 heterocycles. The van der Waals surface area contributed by atoms with Crippen LogP contribution in [0.1, 0.15) is 35.3 Å². The first kappa shape index (κ1) is 13.6. The van der Waals surface area contributed by atoms with E-state index in [0.29, 0.717) is 5.75 Å². The first-order valence-corrected chi connectivity index (χ1v) is 6.50. The average Bonchev–Trinajstić information content (AvgIpc) is 2.40. The van der Waals surface area contributed by atoms with Crippen LogP contribution in [0.25, 0.3) is 0 Å². The van der Waals surface area contributed by atoms with Crippen LogP contribution < -0.4 is 5.32 Å². The van der Waals surface area contributed by atoms with E-state index >= 15 is 0 Å². The van der Waals surface area contributed by atoms with E-state index in [0.717, 1.165) is 28.9 Å². The first-order chi connectivity index (χ1) is 9.06. The zero-order valence-corrected chi connectivity index (χ0v) is 11.6. The number of phenolic OH excluding ortho intramolecular Hbond substituents is 1. The lowest BCUT2D eigenvalue weighted by Crippen LogP contribution is -2.18. The van der Waals surface area contributed by atoms with Gasteiger partial charge >= 0.3 is 0 Å². The summed E-state index contributed by atoms with van der Waals surface area (Å²) in [6.07, 6.45) is 1.88. The molecule has 0 saturated heterocycles. The molecule has 0 aliphatic heterocycles. The van der Waals surface area contributed by atoms with E-state index in [2.05, 4.69) is 23.3 Å². The van der Waals surface area contributed by atoms with Crippen LogP contribution in [-0.2, 0) is 6.54 Å². The Bertz CT molecular complexity index is 549. The second-order valence-electron chi connectivity index (χ2n) is 4.97. The molecule has 100 valence electrons. The molecule has 2 N–H and O–H groups in total. The average molecular weight is 256 g/mol. The summed E-state index contributed by atoms with van der Waals surface area (Å²) in [4.78, 5) is 4.27. The smallest absolute Gasteiger partial charge is 0.120 e. The summed E-state index contributed by atoms with van der Waals surface area (Å²) in [7, 11) is 0. The van der Waals surface area contributed by atoms with E-state index in [1.54, 1.807) is 6.07 Å². The summed E-state index contributed by atoms with van der Waals surface area (Å²) in [5, 5.41) is 13.3. The predicted octanol–water partition coefficient (Wildman–Crippen LogP) is 3.25. The van der Waals surface area contributed by atoms with Crippen molar-refractivity contribution in [3.05, 3.63) is 58.9 Å². The molecular formula is C16H20N2O. The van der Waals surface area contributed by atoms with Crippen LogP contribution in [0.3, 0.4) is 0 Å². The number of aryl methyl sites for hydroxylation is 2. The summed E-state index contributed by atoms with van der Waals surface area (Å²) in [5.74, 6) is 0.340. The Labute approximate surface area is 114 Å². The summed E-state index contributed by atoms with van der Waals surface area (Å²) in [6, 6.07) is 9.84. The van der Waals surface area contributed by atoms with Crippen molar-refractivity contribution in [2.45, 2.75) is 33.4 Å². The maximum atomic E-state index is 9.89. The summed E-state index contributed by atoms with van der Waals surface area (Å²) < 4.78 is 0. The molecule has 1 aromatic heterocycles. The number of nitrogens with one attached hydrogen (secondary N) is 1. The van der Waals surface area contributed by atoms with E-state index in [4.69, 9.17) is 0 Å². The second-order valence-corrected chi connectivity index (χ2v) is 4.97. The number of rotatable bonds is 4. The minimum absolute atomic E-state index is 0.0983. The van der Waals surface area contributed by atoms with Gasteiger partial charge in [-0.2, -0.15) is 0 Å². The minimum atomic E-state index is 0.0983. The molecule has 3 heteroatoms. The monoisotopic (exact) mass is 256 g/mol. The van der Waals surface area contributed by atoms with Gasteiger partial charge in [-0.25, -0.2) is 0 Å². The Morgan fingerprint density at radius 1 is 1.21 bits per heavy atom. The number of pyridine rings is 1. The summed E-state index contributed by atoms with van der Waals surface area (Å²) in [6.45, 7) is 6.79. The molecule has 0 saturated carbocycles. The van der Waals surface area contributed by atoms with Crippen LogP contribution in [0, 0.1) is 13.8 Å². The SMILES string of the molecule is Cc1ccc(O)c(C(C)NCc2ccc(C)nc2)c1. The predicted molar refractivity (Wildman–Crippen MR) is 77.1 cm³/mol. The Hall–Kier alpha value is -1.87. The van der Waals surface area contributed by atoms with Crippen molar-refractivity contribution in [3.63, 3.8) is 0 Å². The number of benzene rings is 1. The van der Waals surface area contributed by atoms with E-state index in [1.165, 1.54) is 0 Å². The maximum absolute atomic E-state index is 9.89. The number of hydrogen-bond donors (Lipinski definition) is 2. The molecule has 0 amide bonds. The zero-order valence-electron chi connectivity index (χ0n) is 11.6. The number of hydrogen-bond acceptors (Lipinski definition) is 3. The van der Waals surface area contributed by atoms with Crippen molar-refractivity contribution in [2.24, 2.45) is 0 Å². The number of aromatic nitrogens is 1. The van der Waals surface area contributed by atoms with E-state index in [1.807, 2.05) is 38.2 Å². The molecule has 0 radical (unpaired) electrons. The zero-order chi connectivity index (χ0) is 13.8. The van der Waals surface area contributed by atoms with Gasteiger partial charge in [0.1, 0.15) is 5.75 Å². The van der Waals surface area contributed by atoms with Gasteiger partial charge in [-0.05, 0) is 38.5 Å². The molecule has 0 fully saturated rings. The van der Waals surface area contributed by atoms with Gasteiger partial charge in [0.05, 0.1) is 0 Å². The molecular weight excluding hydrogens is 236 g/mol. The summed E-state index contributed by atoms with van der Waals surface area (Å²) >= 11 is 0. The molecule has 1 aromatic carbocycles. The lowest BCUT2D eigenvalue weighted by Gasteiger charge is -2.16. The highest BCUT2D eigenvalue weighted by Crippen LogP contribution is 2.25. The Balaban J connectivity index is 2.03. The minimum Gasteiger partial charge on any atom is -0.508 e. The topological polar surface area (TPSA) is 45.1 Å². The molecule has 0 aliphatic rings. The largest absolute Gasteiger partial charge is 0.508 e. The molecule has 19 heavy (non-hydrogen) atoms. The highest BCUT2D eigenvalue weighted by atomic mass is 16.3. The van der Waals surface area contributed by atoms with Gasteiger partial charge in [0.15, 0.2) is 0 Å². The van der Waals surface area contributed by atoms with Crippen molar-refractivity contribution in [3.8, 4) is 5.75 Å². The van der Waals surface area contributed by atoms with Gasteiger partial charge in [0, 0.05) is 30.0 Å². The lowest BCUT2D eigenvalue weighted by atomic mass is 10.0. The lowest BCUT2D eigenvalue weighted by molar-refractivity contribution is 0.452. The van der Waals surface area contributed by atoms with Crippen molar-refractivity contribution in [1.82, 2.24) is 10.3 Å². The molecule has 3 nitrogen and oxygen atoms in total. The maximum Gasteiger partial charge on any atom is 0.120 e. The van der Waals surface area contributed by atoms with Crippen molar-refractivity contribution in [2.75, 3.05) is 0 Å². The quantitative estimate of drug-likeness (QED) is 0.882. The van der Waals surface area contributed by atoms with E-state index < -0.39 is 0 Å². The second kappa shape index (κ2) is 5.85. The number of aromatic hydroxyl groups is 1. The van der Waals surface area contributed by atoms with Gasteiger partial charge in [-0.1, -0.05) is 23.8 Å². The highest BCUT2D eigenvalue weighted by molar-refractivity contribution is 5.37. The fraction of sp³-hybridized carbons (Fsp3) is 0.312. The van der Waals surface area contributed by atoms with Gasteiger partial charge < -0.3 is 10.4 Å². The third kappa shape index (κ3) is 3.55. The van der Waals surface area contributed by atoms with Crippen molar-refractivity contribution >= 4 is 0 Å². The molecule has 2 rings (SSSR count). The van der Waals surface area contributed by atoms with Gasteiger partial charge in [0.25, 0.3) is 0 Å². The third-order valence-electron chi connectivity index (χ3n) is 3.23. The molecule has 0 bridgehead atoms. The van der Waals surface area contributed by atoms with Crippen molar-refractivity contribution in [1.29, 1.82) is 0 Å². The Morgan fingerprint density at radius 3 is 2.68 bits per heavy atom. The fourth-order valence-electron chi connectivity index (χ4n) is 2.00. The van der Waals surface area contributed by atoms with Crippen LogP contribution in [0.15, 0.2) is 36.5 Å². The molecule has 1 unspecified atom stereocenters. The molecule has 1 atom stereocenters. The third-order valence-corrected chi connectivity index (χ3v) is 3.23. The number of nitrogens with zero attached hydrogens (tertiary/aromatic N) is 1. The highest BCUT2D eigenvalue weighted by Gasteiger charge is 2.10. The van der Waals surface area contributed by atoms with Crippen LogP contribution >= 0.6 is 0 Å². The van der Waals surface area contributed by atoms with Gasteiger partial charge in [-0.15, -0.1) is 0 Å². The van der Waals surface area contributed by atoms with E-state index in [-0.39, 0.29) is 6.04 Å². The Morgan fingerprint density at radius 2 is 2.00 bits per heavy atom. The molecule has 0 aliphatic carbocycles. The standard InChI is InChI=1S/C16H20N2O/c1-11-4-7-16(19)15(8-11)13(3)18-10-14-6-5-12(2)17-9-14/h4-9,13,18-19H,10H2,1-3H3. The van der Waals surface area contributed by atoms with E-state index in [9.17, 15) is 5.11 Å². The van der Waals surface area contributed by atoms with Crippen LogP contribution in [-0.4, -0.2) is 10.1 Å². The van der Waals surface area contributed by atoms with Gasteiger partial charge in [-0.3, -0.25) is 4.98 Å². The molecule has 0 spiro atoms. The van der Waals surface area contributed by atoms with Crippen LogP contribution in [0.5, 0.6) is 5.75 Å². The van der Waals surface area contributed by atoms with Crippen LogP contribution in [0.2, 0.25) is 0 Å². The number of phenols is 1. The van der Waals surface area contributed by atoms with Crippen LogP contribution in [0.4, 0.5) is 0 Å².